The molecule has 1 aromatic carbocycles. The van der Waals surface area contributed by atoms with Crippen molar-refractivity contribution in [1.82, 2.24) is 20.1 Å². The third kappa shape index (κ3) is 4.67. The van der Waals surface area contributed by atoms with Crippen molar-refractivity contribution in [3.63, 3.8) is 0 Å². The first-order chi connectivity index (χ1) is 11.2. The minimum Gasteiger partial charge on any atom is -0.493 e. The smallest absolute Gasteiger partial charge is 0.180 e. The normalized spacial score (nSPS) is 19.0. The van der Waals surface area contributed by atoms with Crippen molar-refractivity contribution in [2.45, 2.75) is 19.4 Å². The molecule has 124 valence electrons. The SMILES string of the molecule is Cc1nc([C@@H]2CN(CCCOc3cccc(Cl)c3)CCO2)n[nH]1. The van der Waals surface area contributed by atoms with Crippen LogP contribution in [0.1, 0.15) is 24.2 Å². The van der Waals surface area contributed by atoms with Gasteiger partial charge in [-0.25, -0.2) is 4.98 Å². The first kappa shape index (κ1) is 16.2. The summed E-state index contributed by atoms with van der Waals surface area (Å²) in [6, 6.07) is 7.48. The third-order valence-electron chi connectivity index (χ3n) is 3.74. The number of aryl methyl sites for hydroxylation is 1. The van der Waals surface area contributed by atoms with Gasteiger partial charge in [0.1, 0.15) is 17.7 Å². The van der Waals surface area contributed by atoms with E-state index in [9.17, 15) is 0 Å². The molecule has 1 saturated heterocycles. The molecule has 0 unspecified atom stereocenters. The standard InChI is InChI=1S/C16H21ClN4O2/c1-12-18-16(20-19-12)15-11-21(7-9-23-15)6-3-8-22-14-5-2-4-13(17)10-14/h2,4-5,10,15H,3,6-9,11H2,1H3,(H,18,19,20)/t15-/m0/s1. The summed E-state index contributed by atoms with van der Waals surface area (Å²) in [6.07, 6.45) is 0.897. The Hall–Kier alpha value is -1.63. The van der Waals surface area contributed by atoms with Crippen LogP contribution < -0.4 is 4.74 Å². The number of halogens is 1. The van der Waals surface area contributed by atoms with Gasteiger partial charge in [0, 0.05) is 24.7 Å². The summed E-state index contributed by atoms with van der Waals surface area (Å²) in [5.41, 5.74) is 0. The molecule has 1 atom stereocenters. The van der Waals surface area contributed by atoms with Crippen LogP contribution in [0.2, 0.25) is 5.02 Å². The van der Waals surface area contributed by atoms with Gasteiger partial charge < -0.3 is 9.47 Å². The second kappa shape index (κ2) is 7.77. The molecule has 6 nitrogen and oxygen atoms in total. The van der Waals surface area contributed by atoms with Gasteiger partial charge in [0.25, 0.3) is 0 Å². The molecule has 1 aliphatic heterocycles. The van der Waals surface area contributed by atoms with E-state index >= 15 is 0 Å². The van der Waals surface area contributed by atoms with E-state index < -0.39 is 0 Å². The van der Waals surface area contributed by atoms with Crippen molar-refractivity contribution >= 4 is 11.6 Å². The molecule has 1 N–H and O–H groups in total. The zero-order valence-electron chi connectivity index (χ0n) is 13.2. The zero-order valence-corrected chi connectivity index (χ0v) is 13.9. The van der Waals surface area contributed by atoms with Gasteiger partial charge in [0.15, 0.2) is 5.82 Å². The van der Waals surface area contributed by atoms with Crippen molar-refractivity contribution in [1.29, 1.82) is 0 Å². The number of nitrogens with one attached hydrogen (secondary N) is 1. The lowest BCUT2D eigenvalue weighted by molar-refractivity contribution is -0.0351. The summed E-state index contributed by atoms with van der Waals surface area (Å²) >= 11 is 5.94. The van der Waals surface area contributed by atoms with Gasteiger partial charge in [0.2, 0.25) is 0 Å². The molecule has 1 aromatic heterocycles. The predicted octanol–water partition coefficient (Wildman–Crippen LogP) is 2.61. The van der Waals surface area contributed by atoms with Crippen LogP contribution in [0.25, 0.3) is 0 Å². The lowest BCUT2D eigenvalue weighted by Gasteiger charge is -2.31. The quantitative estimate of drug-likeness (QED) is 0.821. The molecular formula is C16H21ClN4O2. The Balaban J connectivity index is 1.41. The van der Waals surface area contributed by atoms with Gasteiger partial charge in [-0.1, -0.05) is 17.7 Å². The summed E-state index contributed by atoms with van der Waals surface area (Å²) in [5, 5.41) is 7.75. The number of H-pyrrole nitrogens is 1. The molecule has 23 heavy (non-hydrogen) atoms. The number of nitrogens with zero attached hydrogens (tertiary/aromatic N) is 3. The second-order valence-corrected chi connectivity index (χ2v) is 6.03. The summed E-state index contributed by atoms with van der Waals surface area (Å²) in [4.78, 5) is 6.72. The molecule has 3 rings (SSSR count). The molecule has 7 heteroatoms. The molecule has 0 aliphatic carbocycles. The fourth-order valence-corrected chi connectivity index (χ4v) is 2.78. The van der Waals surface area contributed by atoms with Crippen LogP contribution in [-0.4, -0.2) is 52.9 Å². The lowest BCUT2D eigenvalue weighted by atomic mass is 10.2. The maximum absolute atomic E-state index is 5.94. The molecule has 2 aromatic rings. The number of rotatable bonds is 6. The molecule has 0 saturated carbocycles. The number of ether oxygens (including phenoxy) is 2. The first-order valence-electron chi connectivity index (χ1n) is 7.82. The van der Waals surface area contributed by atoms with Crippen LogP contribution in [0.3, 0.4) is 0 Å². The third-order valence-corrected chi connectivity index (χ3v) is 3.97. The van der Waals surface area contributed by atoms with E-state index in [0.717, 1.165) is 43.5 Å². The molecule has 0 radical (unpaired) electrons. The Kier molecular flexibility index (Phi) is 5.48. The molecule has 2 heterocycles. The monoisotopic (exact) mass is 336 g/mol. The van der Waals surface area contributed by atoms with Crippen LogP contribution >= 0.6 is 11.6 Å². The highest BCUT2D eigenvalue weighted by Crippen LogP contribution is 2.20. The number of hydrogen-bond acceptors (Lipinski definition) is 5. The van der Waals surface area contributed by atoms with Crippen LogP contribution in [0, 0.1) is 6.92 Å². The van der Waals surface area contributed by atoms with Gasteiger partial charge in [-0.3, -0.25) is 10.00 Å². The van der Waals surface area contributed by atoms with Crippen LogP contribution in [0.4, 0.5) is 0 Å². The first-order valence-corrected chi connectivity index (χ1v) is 8.20. The van der Waals surface area contributed by atoms with E-state index in [1.807, 2.05) is 31.2 Å². The van der Waals surface area contributed by atoms with Gasteiger partial charge in [-0.2, -0.15) is 5.10 Å². The Labute approximate surface area is 140 Å². The Morgan fingerprint density at radius 2 is 2.39 bits per heavy atom. The van der Waals surface area contributed by atoms with Crippen molar-refractivity contribution in [3.8, 4) is 5.75 Å². The van der Waals surface area contributed by atoms with Gasteiger partial charge in [0.05, 0.1) is 13.2 Å². The maximum Gasteiger partial charge on any atom is 0.180 e. The van der Waals surface area contributed by atoms with Gasteiger partial charge in [-0.15, -0.1) is 0 Å². The minimum atomic E-state index is -0.0532. The Morgan fingerprint density at radius 1 is 1.48 bits per heavy atom. The highest BCUT2D eigenvalue weighted by atomic mass is 35.5. The minimum absolute atomic E-state index is 0.0532. The second-order valence-electron chi connectivity index (χ2n) is 5.60. The topological polar surface area (TPSA) is 63.3 Å². The average Bonchev–Trinajstić information content (AvgIpc) is 2.99. The number of aromatic nitrogens is 3. The summed E-state index contributed by atoms with van der Waals surface area (Å²) in [7, 11) is 0. The summed E-state index contributed by atoms with van der Waals surface area (Å²) < 4.78 is 11.5. The van der Waals surface area contributed by atoms with E-state index in [0.29, 0.717) is 18.2 Å². The van der Waals surface area contributed by atoms with E-state index in [1.165, 1.54) is 0 Å². The zero-order chi connectivity index (χ0) is 16.1. The number of aromatic amines is 1. The van der Waals surface area contributed by atoms with Crippen molar-refractivity contribution in [3.05, 3.63) is 40.9 Å². The number of hydrogen-bond donors (Lipinski definition) is 1. The van der Waals surface area contributed by atoms with E-state index in [1.54, 1.807) is 0 Å². The molecular weight excluding hydrogens is 316 g/mol. The fourth-order valence-electron chi connectivity index (χ4n) is 2.60. The maximum atomic E-state index is 5.94. The predicted molar refractivity (Wildman–Crippen MR) is 87.8 cm³/mol. The van der Waals surface area contributed by atoms with E-state index in [2.05, 4.69) is 20.1 Å². The van der Waals surface area contributed by atoms with Crippen molar-refractivity contribution < 1.29 is 9.47 Å². The van der Waals surface area contributed by atoms with Crippen LogP contribution in [0.5, 0.6) is 5.75 Å². The summed E-state index contributed by atoms with van der Waals surface area (Å²) in [5.74, 6) is 2.37. The molecule has 0 amide bonds. The molecule has 1 aliphatic rings. The van der Waals surface area contributed by atoms with E-state index in [4.69, 9.17) is 21.1 Å². The van der Waals surface area contributed by atoms with Gasteiger partial charge >= 0.3 is 0 Å². The van der Waals surface area contributed by atoms with Gasteiger partial charge in [-0.05, 0) is 31.5 Å². The Morgan fingerprint density at radius 3 is 3.17 bits per heavy atom. The van der Waals surface area contributed by atoms with Crippen molar-refractivity contribution in [2.75, 3.05) is 32.8 Å². The number of morpholine rings is 1. The largest absolute Gasteiger partial charge is 0.493 e. The fraction of sp³-hybridized carbons (Fsp3) is 0.500. The molecule has 0 bridgehead atoms. The van der Waals surface area contributed by atoms with Crippen molar-refractivity contribution in [2.24, 2.45) is 0 Å². The van der Waals surface area contributed by atoms with Crippen LogP contribution in [-0.2, 0) is 4.74 Å². The lowest BCUT2D eigenvalue weighted by Crippen LogP contribution is -2.39. The molecule has 0 spiro atoms. The average molecular weight is 337 g/mol. The summed E-state index contributed by atoms with van der Waals surface area (Å²) in [6.45, 7) is 5.97. The highest BCUT2D eigenvalue weighted by Gasteiger charge is 2.24. The van der Waals surface area contributed by atoms with E-state index in [-0.39, 0.29) is 6.10 Å². The highest BCUT2D eigenvalue weighted by molar-refractivity contribution is 6.30. The van der Waals surface area contributed by atoms with Crippen LogP contribution in [0.15, 0.2) is 24.3 Å². The molecule has 1 fully saturated rings. The Bertz CT molecular complexity index is 634. The number of benzene rings is 1.